The Balaban J connectivity index is 2.54. The minimum Gasteiger partial charge on any atom is -0.374 e. The Kier molecular flexibility index (Phi) is 4.34. The average Bonchev–Trinajstić information content (AvgIpc) is 2.37. The van der Waals surface area contributed by atoms with Crippen LogP contribution in [0.15, 0.2) is 24.3 Å². The van der Waals surface area contributed by atoms with E-state index in [0.29, 0.717) is 17.0 Å². The fourth-order valence-electron chi connectivity index (χ4n) is 1.59. The molecule has 19 heavy (non-hydrogen) atoms. The van der Waals surface area contributed by atoms with E-state index < -0.39 is 0 Å². The molecule has 1 aromatic heterocycles. The minimum absolute atomic E-state index is 0.171. The molecule has 100 valence electrons. The number of benzene rings is 1. The first kappa shape index (κ1) is 14.2. The molecule has 1 atom stereocenters. The van der Waals surface area contributed by atoms with Gasteiger partial charge in [-0.05, 0) is 24.6 Å². The van der Waals surface area contributed by atoms with E-state index in [-0.39, 0.29) is 22.2 Å². The van der Waals surface area contributed by atoms with Crippen molar-refractivity contribution >= 4 is 23.2 Å². The average molecular weight is 301 g/mol. The summed E-state index contributed by atoms with van der Waals surface area (Å²) in [5.41, 5.74) is 0.946. The van der Waals surface area contributed by atoms with Gasteiger partial charge in [0.2, 0.25) is 0 Å². The number of nitrogens with zero attached hydrogens (tertiary/aromatic N) is 2. The van der Waals surface area contributed by atoms with Gasteiger partial charge in [-0.2, -0.15) is 0 Å². The molecule has 1 aromatic carbocycles. The molecular weight excluding hydrogens is 290 g/mol. The van der Waals surface area contributed by atoms with Gasteiger partial charge in [-0.3, -0.25) is 0 Å². The van der Waals surface area contributed by atoms with Crippen LogP contribution in [0.1, 0.15) is 18.9 Å². The molecule has 3 nitrogen and oxygen atoms in total. The van der Waals surface area contributed by atoms with Gasteiger partial charge in [-0.15, -0.1) is 0 Å². The van der Waals surface area contributed by atoms with Crippen LogP contribution in [-0.4, -0.2) is 17.1 Å². The van der Waals surface area contributed by atoms with Gasteiger partial charge in [-0.1, -0.05) is 35.3 Å². The lowest BCUT2D eigenvalue weighted by Gasteiger charge is -2.12. The molecule has 0 amide bonds. The van der Waals surface area contributed by atoms with Crippen LogP contribution in [0.5, 0.6) is 0 Å². The fraction of sp³-hybridized carbons (Fsp3) is 0.231. The lowest BCUT2D eigenvalue weighted by Crippen LogP contribution is -2.04. The van der Waals surface area contributed by atoms with Crippen molar-refractivity contribution in [3.05, 3.63) is 46.2 Å². The maximum absolute atomic E-state index is 13.2. The molecule has 2 rings (SSSR count). The molecule has 0 fully saturated rings. The van der Waals surface area contributed by atoms with Crippen molar-refractivity contribution in [1.82, 2.24) is 9.97 Å². The largest absolute Gasteiger partial charge is 0.374 e. The molecule has 6 heteroatoms. The van der Waals surface area contributed by atoms with Crippen LogP contribution in [0.3, 0.4) is 0 Å². The first-order valence-electron chi connectivity index (χ1n) is 5.54. The Bertz CT molecular complexity index is 584. The molecule has 0 radical (unpaired) electrons. The quantitative estimate of drug-likeness (QED) is 0.793. The van der Waals surface area contributed by atoms with E-state index in [0.717, 1.165) is 0 Å². The second-order valence-electron chi connectivity index (χ2n) is 3.93. The zero-order valence-corrected chi connectivity index (χ0v) is 11.8. The van der Waals surface area contributed by atoms with Crippen molar-refractivity contribution in [3.63, 3.8) is 0 Å². The van der Waals surface area contributed by atoms with Crippen LogP contribution in [0, 0.1) is 5.82 Å². The highest BCUT2D eigenvalue weighted by Gasteiger charge is 2.17. The number of halogens is 3. The van der Waals surface area contributed by atoms with Crippen LogP contribution in [-0.2, 0) is 4.74 Å². The summed E-state index contributed by atoms with van der Waals surface area (Å²) in [7, 11) is 1.54. The van der Waals surface area contributed by atoms with Crippen LogP contribution >= 0.6 is 23.2 Å². The van der Waals surface area contributed by atoms with Crippen molar-refractivity contribution in [3.8, 4) is 11.1 Å². The predicted octanol–water partition coefficient (Wildman–Crippen LogP) is 4.30. The van der Waals surface area contributed by atoms with E-state index in [9.17, 15) is 4.39 Å². The maximum Gasteiger partial charge on any atom is 0.160 e. The normalized spacial score (nSPS) is 12.5. The second-order valence-corrected chi connectivity index (χ2v) is 4.64. The standard InChI is InChI=1S/C13H11Cl2FN2O/c1-7(19-2)13-17-11(14)10(12(15)18-13)8-4-3-5-9(16)6-8/h3-7H,1-2H3. The van der Waals surface area contributed by atoms with Crippen LogP contribution in [0.25, 0.3) is 11.1 Å². The Morgan fingerprint density at radius 1 is 1.21 bits per heavy atom. The summed E-state index contributed by atoms with van der Waals surface area (Å²) in [5, 5.41) is 0.342. The first-order valence-corrected chi connectivity index (χ1v) is 6.30. The smallest absolute Gasteiger partial charge is 0.160 e. The van der Waals surface area contributed by atoms with Gasteiger partial charge >= 0.3 is 0 Å². The number of aromatic nitrogens is 2. The summed E-state index contributed by atoms with van der Waals surface area (Å²) in [5.74, 6) is 0.0108. The van der Waals surface area contributed by atoms with E-state index in [2.05, 4.69) is 9.97 Å². The third-order valence-corrected chi connectivity index (χ3v) is 3.22. The molecule has 0 saturated carbocycles. The molecule has 0 aliphatic carbocycles. The third-order valence-electron chi connectivity index (χ3n) is 2.67. The summed E-state index contributed by atoms with van der Waals surface area (Å²) in [6.07, 6.45) is -0.323. The number of hydrogen-bond donors (Lipinski definition) is 0. The highest BCUT2D eigenvalue weighted by atomic mass is 35.5. The molecule has 0 spiro atoms. The van der Waals surface area contributed by atoms with Crippen LogP contribution in [0.4, 0.5) is 4.39 Å². The minimum atomic E-state index is -0.376. The number of rotatable bonds is 3. The Hall–Kier alpha value is -1.23. The molecule has 2 aromatic rings. The van der Waals surface area contributed by atoms with Crippen LogP contribution < -0.4 is 0 Å². The SMILES string of the molecule is COC(C)c1nc(Cl)c(-c2cccc(F)c2)c(Cl)n1. The Morgan fingerprint density at radius 3 is 2.37 bits per heavy atom. The zero-order chi connectivity index (χ0) is 14.0. The molecule has 0 bridgehead atoms. The highest BCUT2D eigenvalue weighted by Crippen LogP contribution is 2.33. The molecule has 0 N–H and O–H groups in total. The van der Waals surface area contributed by atoms with Gasteiger partial charge in [0.25, 0.3) is 0 Å². The summed E-state index contributed by atoms with van der Waals surface area (Å²) in [6, 6.07) is 5.94. The van der Waals surface area contributed by atoms with Crippen molar-refractivity contribution in [2.75, 3.05) is 7.11 Å². The van der Waals surface area contributed by atoms with Crippen molar-refractivity contribution in [2.24, 2.45) is 0 Å². The topological polar surface area (TPSA) is 35.0 Å². The number of hydrogen-bond acceptors (Lipinski definition) is 3. The summed E-state index contributed by atoms with van der Waals surface area (Å²) < 4.78 is 18.3. The summed E-state index contributed by atoms with van der Waals surface area (Å²) >= 11 is 12.2. The Labute approximate surface area is 120 Å². The van der Waals surface area contributed by atoms with Gasteiger partial charge in [-0.25, -0.2) is 14.4 Å². The van der Waals surface area contributed by atoms with Crippen molar-refractivity contribution in [1.29, 1.82) is 0 Å². The van der Waals surface area contributed by atoms with Gasteiger partial charge in [0.1, 0.15) is 22.2 Å². The number of ether oxygens (including phenoxy) is 1. The monoisotopic (exact) mass is 300 g/mol. The Morgan fingerprint density at radius 2 is 1.84 bits per heavy atom. The van der Waals surface area contributed by atoms with E-state index in [1.165, 1.54) is 19.2 Å². The summed E-state index contributed by atoms with van der Waals surface area (Å²) in [4.78, 5) is 8.27. The maximum atomic E-state index is 13.2. The van der Waals surface area contributed by atoms with E-state index in [1.54, 1.807) is 19.1 Å². The fourth-order valence-corrected chi connectivity index (χ4v) is 2.21. The molecule has 0 aliphatic heterocycles. The van der Waals surface area contributed by atoms with E-state index in [1.807, 2.05) is 0 Å². The van der Waals surface area contributed by atoms with E-state index >= 15 is 0 Å². The van der Waals surface area contributed by atoms with Crippen molar-refractivity contribution < 1.29 is 9.13 Å². The first-order chi connectivity index (χ1) is 9.02. The number of methoxy groups -OCH3 is 1. The van der Waals surface area contributed by atoms with Gasteiger partial charge in [0, 0.05) is 7.11 Å². The zero-order valence-electron chi connectivity index (χ0n) is 10.3. The van der Waals surface area contributed by atoms with Gasteiger partial charge < -0.3 is 4.74 Å². The van der Waals surface area contributed by atoms with E-state index in [4.69, 9.17) is 27.9 Å². The highest BCUT2D eigenvalue weighted by molar-refractivity contribution is 6.37. The molecular formula is C13H11Cl2FN2O. The van der Waals surface area contributed by atoms with Gasteiger partial charge in [0.15, 0.2) is 5.82 Å². The van der Waals surface area contributed by atoms with Crippen molar-refractivity contribution in [2.45, 2.75) is 13.0 Å². The third kappa shape index (κ3) is 3.03. The summed E-state index contributed by atoms with van der Waals surface area (Å²) in [6.45, 7) is 1.78. The lowest BCUT2D eigenvalue weighted by atomic mass is 10.1. The molecule has 0 saturated heterocycles. The lowest BCUT2D eigenvalue weighted by molar-refractivity contribution is 0.112. The molecule has 1 heterocycles. The van der Waals surface area contributed by atoms with Gasteiger partial charge in [0.05, 0.1) is 5.56 Å². The molecule has 1 unspecified atom stereocenters. The predicted molar refractivity (Wildman–Crippen MR) is 72.9 cm³/mol. The van der Waals surface area contributed by atoms with Crippen LogP contribution in [0.2, 0.25) is 10.3 Å². The molecule has 0 aliphatic rings. The second kappa shape index (κ2) is 5.82.